The van der Waals surface area contributed by atoms with Crippen LogP contribution in [0.3, 0.4) is 0 Å². The average Bonchev–Trinajstić information content (AvgIpc) is 2.80. The lowest BCUT2D eigenvalue weighted by atomic mass is 10.1. The Morgan fingerprint density at radius 1 is 1.23 bits per heavy atom. The molecule has 2 heterocycles. The van der Waals surface area contributed by atoms with Gasteiger partial charge in [-0.25, -0.2) is 0 Å². The molecule has 1 atom stereocenters. The van der Waals surface area contributed by atoms with Crippen molar-refractivity contribution in [1.82, 2.24) is 10.2 Å². The van der Waals surface area contributed by atoms with Crippen molar-refractivity contribution in [2.75, 3.05) is 38.3 Å². The maximum Gasteiger partial charge on any atom is 0.312 e. The highest BCUT2D eigenvalue weighted by molar-refractivity contribution is 6.35. The van der Waals surface area contributed by atoms with E-state index >= 15 is 0 Å². The lowest BCUT2D eigenvalue weighted by Crippen LogP contribution is -2.49. The van der Waals surface area contributed by atoms with E-state index in [1.165, 1.54) is 9.80 Å². The molecule has 0 spiro atoms. The number of hydrogen-bond donors (Lipinski definition) is 1. The summed E-state index contributed by atoms with van der Waals surface area (Å²) in [5, 5.41) is 2.55. The van der Waals surface area contributed by atoms with Gasteiger partial charge in [0.05, 0.1) is 13.2 Å². The van der Waals surface area contributed by atoms with Gasteiger partial charge in [-0.05, 0) is 6.07 Å². The van der Waals surface area contributed by atoms with Crippen LogP contribution in [-0.2, 0) is 19.1 Å². The molecule has 0 radical (unpaired) electrons. The van der Waals surface area contributed by atoms with Gasteiger partial charge in [-0.3, -0.25) is 14.4 Å². The maximum absolute atomic E-state index is 12.3. The molecule has 1 N–H and O–H groups in total. The van der Waals surface area contributed by atoms with E-state index in [1.54, 1.807) is 19.2 Å². The van der Waals surface area contributed by atoms with Crippen LogP contribution in [0.25, 0.3) is 0 Å². The highest BCUT2D eigenvalue weighted by atomic mass is 16.5. The summed E-state index contributed by atoms with van der Waals surface area (Å²) < 4.78 is 5.15. The number of anilines is 1. The second kappa shape index (κ2) is 5.76. The van der Waals surface area contributed by atoms with E-state index in [1.807, 2.05) is 12.1 Å². The SMILES string of the molecule is CN1C(=O)[C@@H](NC(=O)C(=O)N2CCOCC2)c2ccccc21. The number of fused-ring (bicyclic) bond motifs is 1. The number of hydrogen-bond acceptors (Lipinski definition) is 4. The second-order valence-corrected chi connectivity index (χ2v) is 5.27. The Bertz CT molecular complexity index is 625. The molecule has 1 aromatic carbocycles. The number of benzene rings is 1. The monoisotopic (exact) mass is 303 g/mol. The summed E-state index contributed by atoms with van der Waals surface area (Å²) in [5.41, 5.74) is 1.45. The summed E-state index contributed by atoms with van der Waals surface area (Å²) in [7, 11) is 1.65. The predicted octanol–water partition coefficient (Wildman–Crippen LogP) is -0.321. The third-order valence-electron chi connectivity index (χ3n) is 3.95. The van der Waals surface area contributed by atoms with Crippen molar-refractivity contribution in [3.8, 4) is 0 Å². The molecule has 7 heteroatoms. The lowest BCUT2D eigenvalue weighted by molar-refractivity contribution is -0.149. The molecule has 2 aliphatic heterocycles. The van der Waals surface area contributed by atoms with Gasteiger partial charge in [0.25, 0.3) is 5.91 Å². The van der Waals surface area contributed by atoms with Crippen molar-refractivity contribution >= 4 is 23.4 Å². The van der Waals surface area contributed by atoms with Crippen LogP contribution in [0.5, 0.6) is 0 Å². The Morgan fingerprint density at radius 2 is 1.91 bits per heavy atom. The standard InChI is InChI=1S/C15H17N3O4/c1-17-11-5-3-2-4-10(11)12(14(17)20)16-13(19)15(21)18-6-8-22-9-7-18/h2-5,12H,6-9H2,1H3,(H,16,19)/t12-/m0/s1. The van der Waals surface area contributed by atoms with Crippen molar-refractivity contribution < 1.29 is 19.1 Å². The molecule has 0 bridgehead atoms. The van der Waals surface area contributed by atoms with Crippen LogP contribution in [0.15, 0.2) is 24.3 Å². The van der Waals surface area contributed by atoms with Crippen molar-refractivity contribution in [3.63, 3.8) is 0 Å². The first-order valence-electron chi connectivity index (χ1n) is 7.13. The van der Waals surface area contributed by atoms with Crippen molar-refractivity contribution in [2.45, 2.75) is 6.04 Å². The maximum atomic E-state index is 12.3. The predicted molar refractivity (Wildman–Crippen MR) is 78.1 cm³/mol. The molecular weight excluding hydrogens is 286 g/mol. The summed E-state index contributed by atoms with van der Waals surface area (Å²) in [5.74, 6) is -1.63. The first-order valence-corrected chi connectivity index (χ1v) is 7.13. The molecule has 2 aliphatic rings. The van der Waals surface area contributed by atoms with Gasteiger partial charge in [-0.15, -0.1) is 0 Å². The van der Waals surface area contributed by atoms with Crippen LogP contribution < -0.4 is 10.2 Å². The van der Waals surface area contributed by atoms with E-state index in [0.717, 1.165) is 5.69 Å². The van der Waals surface area contributed by atoms with Crippen molar-refractivity contribution in [1.29, 1.82) is 0 Å². The van der Waals surface area contributed by atoms with Crippen molar-refractivity contribution in [2.24, 2.45) is 0 Å². The van der Waals surface area contributed by atoms with E-state index in [0.29, 0.717) is 31.9 Å². The Morgan fingerprint density at radius 3 is 2.64 bits per heavy atom. The number of ether oxygens (including phenoxy) is 1. The highest BCUT2D eigenvalue weighted by Crippen LogP contribution is 2.34. The number of morpholine rings is 1. The zero-order valence-corrected chi connectivity index (χ0v) is 12.2. The van der Waals surface area contributed by atoms with Gasteiger partial charge in [0.2, 0.25) is 0 Å². The fourth-order valence-corrected chi connectivity index (χ4v) is 2.72. The van der Waals surface area contributed by atoms with Crippen molar-refractivity contribution in [3.05, 3.63) is 29.8 Å². The van der Waals surface area contributed by atoms with Gasteiger partial charge in [-0.1, -0.05) is 18.2 Å². The third kappa shape index (κ3) is 2.43. The average molecular weight is 303 g/mol. The van der Waals surface area contributed by atoms with Crippen LogP contribution in [0.1, 0.15) is 11.6 Å². The molecule has 3 amide bonds. The minimum atomic E-state index is -0.807. The van der Waals surface area contributed by atoms with E-state index in [9.17, 15) is 14.4 Å². The zero-order chi connectivity index (χ0) is 15.7. The van der Waals surface area contributed by atoms with Crippen LogP contribution in [0, 0.1) is 0 Å². The van der Waals surface area contributed by atoms with Gasteiger partial charge in [0.15, 0.2) is 0 Å². The lowest BCUT2D eigenvalue weighted by Gasteiger charge is -2.26. The van der Waals surface area contributed by atoms with Gasteiger partial charge in [0.1, 0.15) is 6.04 Å². The molecule has 1 aromatic rings. The van der Waals surface area contributed by atoms with Gasteiger partial charge in [0, 0.05) is 31.4 Å². The Kier molecular flexibility index (Phi) is 3.81. The number of likely N-dealkylation sites (N-methyl/N-ethyl adjacent to an activating group) is 1. The van der Waals surface area contributed by atoms with Gasteiger partial charge >= 0.3 is 11.8 Å². The van der Waals surface area contributed by atoms with Crippen LogP contribution in [-0.4, -0.2) is 56.0 Å². The minimum Gasteiger partial charge on any atom is -0.378 e. The number of nitrogens with one attached hydrogen (secondary N) is 1. The molecule has 7 nitrogen and oxygen atoms in total. The third-order valence-corrected chi connectivity index (χ3v) is 3.95. The number of rotatable bonds is 1. The number of para-hydroxylation sites is 1. The van der Waals surface area contributed by atoms with Gasteiger partial charge < -0.3 is 19.9 Å². The number of carbonyl (C=O) groups excluding carboxylic acids is 3. The second-order valence-electron chi connectivity index (χ2n) is 5.27. The first kappa shape index (κ1) is 14.5. The molecule has 116 valence electrons. The Hall–Kier alpha value is -2.41. The Balaban J connectivity index is 1.74. The van der Waals surface area contributed by atoms with E-state index < -0.39 is 17.9 Å². The van der Waals surface area contributed by atoms with Crippen LogP contribution in [0.2, 0.25) is 0 Å². The fraction of sp³-hybridized carbons (Fsp3) is 0.400. The molecule has 3 rings (SSSR count). The largest absolute Gasteiger partial charge is 0.378 e. The number of carbonyl (C=O) groups is 3. The van der Waals surface area contributed by atoms with E-state index in [2.05, 4.69) is 5.32 Å². The smallest absolute Gasteiger partial charge is 0.312 e. The number of nitrogens with zero attached hydrogens (tertiary/aromatic N) is 2. The highest BCUT2D eigenvalue weighted by Gasteiger charge is 2.37. The molecule has 22 heavy (non-hydrogen) atoms. The zero-order valence-electron chi connectivity index (χ0n) is 12.2. The number of amides is 3. The molecule has 0 unspecified atom stereocenters. The summed E-state index contributed by atoms with van der Waals surface area (Å²) in [6.45, 7) is 1.63. The van der Waals surface area contributed by atoms with E-state index in [4.69, 9.17) is 4.74 Å². The molecule has 0 aromatic heterocycles. The first-order chi connectivity index (χ1) is 10.6. The summed E-state index contributed by atoms with van der Waals surface area (Å²) in [6, 6.07) is 6.41. The Labute approximate surface area is 127 Å². The topological polar surface area (TPSA) is 79.0 Å². The van der Waals surface area contributed by atoms with Crippen LogP contribution in [0.4, 0.5) is 5.69 Å². The summed E-state index contributed by atoms with van der Waals surface area (Å²) in [6.07, 6.45) is 0. The molecule has 1 saturated heterocycles. The normalized spacial score (nSPS) is 20.8. The summed E-state index contributed by atoms with van der Waals surface area (Å²) in [4.78, 5) is 39.5. The van der Waals surface area contributed by atoms with E-state index in [-0.39, 0.29) is 5.91 Å². The molecular formula is C15H17N3O4. The quantitative estimate of drug-likeness (QED) is 0.721. The molecule has 0 saturated carbocycles. The molecule has 0 aliphatic carbocycles. The van der Waals surface area contributed by atoms with Gasteiger partial charge in [-0.2, -0.15) is 0 Å². The summed E-state index contributed by atoms with van der Waals surface area (Å²) >= 11 is 0. The fourth-order valence-electron chi connectivity index (χ4n) is 2.72. The minimum absolute atomic E-state index is 0.246. The van der Waals surface area contributed by atoms with Crippen LogP contribution >= 0.6 is 0 Å². The molecule has 1 fully saturated rings.